The Kier molecular flexibility index (Phi) is 2.90. The molecule has 1 unspecified atom stereocenters. The molecule has 2 nitrogen and oxygen atoms in total. The van der Waals surface area contributed by atoms with E-state index in [0.717, 1.165) is 17.8 Å². The van der Waals surface area contributed by atoms with E-state index < -0.39 is 0 Å². The number of hydrogen-bond acceptors (Lipinski definition) is 1. The number of aryl methyl sites for hydroxylation is 1. The van der Waals surface area contributed by atoms with Gasteiger partial charge in [0.15, 0.2) is 0 Å². The van der Waals surface area contributed by atoms with Crippen molar-refractivity contribution in [3.05, 3.63) is 53.4 Å². The maximum atomic E-state index is 13.7. The van der Waals surface area contributed by atoms with Gasteiger partial charge in [-0.1, -0.05) is 18.2 Å². The van der Waals surface area contributed by atoms with E-state index in [1.165, 1.54) is 24.6 Å². The predicted molar refractivity (Wildman–Crippen MR) is 69.1 cm³/mol. The molecule has 0 amide bonds. The van der Waals surface area contributed by atoms with Crippen molar-refractivity contribution < 1.29 is 4.39 Å². The molecule has 2 aromatic rings. The van der Waals surface area contributed by atoms with Crippen LogP contribution in [0.5, 0.6) is 0 Å². The Morgan fingerprint density at radius 3 is 3.06 bits per heavy atom. The van der Waals surface area contributed by atoms with E-state index in [2.05, 4.69) is 16.5 Å². The van der Waals surface area contributed by atoms with E-state index in [9.17, 15) is 4.39 Å². The smallest absolute Gasteiger partial charge is 0.126 e. The zero-order chi connectivity index (χ0) is 12.5. The lowest BCUT2D eigenvalue weighted by atomic mass is 10.0. The summed E-state index contributed by atoms with van der Waals surface area (Å²) in [7, 11) is 0. The molecule has 0 saturated carbocycles. The SMILES string of the molecule is CC1CCCc2cnc(Cc3ccccc3F)n21. The Balaban J connectivity index is 1.95. The number of halogens is 1. The minimum Gasteiger partial charge on any atom is -0.329 e. The van der Waals surface area contributed by atoms with Crippen LogP contribution in [0.15, 0.2) is 30.5 Å². The summed E-state index contributed by atoms with van der Waals surface area (Å²) in [6.07, 6.45) is 6.04. The molecule has 18 heavy (non-hydrogen) atoms. The minimum absolute atomic E-state index is 0.140. The molecule has 1 aliphatic rings. The third-order valence-electron chi connectivity index (χ3n) is 3.75. The van der Waals surface area contributed by atoms with Crippen LogP contribution in [0.2, 0.25) is 0 Å². The molecule has 1 atom stereocenters. The Morgan fingerprint density at radius 2 is 2.22 bits per heavy atom. The van der Waals surface area contributed by atoms with Crippen LogP contribution < -0.4 is 0 Å². The van der Waals surface area contributed by atoms with Crippen molar-refractivity contribution in [2.75, 3.05) is 0 Å². The first-order valence-corrected chi connectivity index (χ1v) is 6.54. The van der Waals surface area contributed by atoms with E-state index >= 15 is 0 Å². The largest absolute Gasteiger partial charge is 0.329 e. The quantitative estimate of drug-likeness (QED) is 0.790. The predicted octanol–water partition coefficient (Wildman–Crippen LogP) is 3.51. The van der Waals surface area contributed by atoms with Crippen molar-refractivity contribution in [3.8, 4) is 0 Å². The third kappa shape index (κ3) is 1.94. The molecule has 1 aromatic carbocycles. The monoisotopic (exact) mass is 244 g/mol. The highest BCUT2D eigenvalue weighted by Gasteiger charge is 2.20. The molecular weight excluding hydrogens is 227 g/mol. The number of hydrogen-bond donors (Lipinski definition) is 0. The average Bonchev–Trinajstić information content (AvgIpc) is 2.77. The van der Waals surface area contributed by atoms with Crippen LogP contribution in [0.3, 0.4) is 0 Å². The van der Waals surface area contributed by atoms with E-state index in [1.54, 1.807) is 6.07 Å². The van der Waals surface area contributed by atoms with Crippen LogP contribution in [-0.2, 0) is 12.8 Å². The zero-order valence-corrected chi connectivity index (χ0v) is 10.6. The number of benzene rings is 1. The fourth-order valence-corrected chi connectivity index (χ4v) is 2.81. The molecule has 0 saturated heterocycles. The summed E-state index contributed by atoms with van der Waals surface area (Å²) in [6, 6.07) is 7.44. The summed E-state index contributed by atoms with van der Waals surface area (Å²) < 4.78 is 16.0. The van der Waals surface area contributed by atoms with Gasteiger partial charge in [-0.2, -0.15) is 0 Å². The Morgan fingerprint density at radius 1 is 1.39 bits per heavy atom. The summed E-state index contributed by atoms with van der Waals surface area (Å²) in [5.74, 6) is 0.848. The summed E-state index contributed by atoms with van der Waals surface area (Å²) >= 11 is 0. The van der Waals surface area contributed by atoms with Crippen LogP contribution in [0.4, 0.5) is 4.39 Å². The highest BCUT2D eigenvalue weighted by Crippen LogP contribution is 2.27. The van der Waals surface area contributed by atoms with Gasteiger partial charge in [-0.25, -0.2) is 9.37 Å². The maximum Gasteiger partial charge on any atom is 0.126 e. The van der Waals surface area contributed by atoms with Gasteiger partial charge in [-0.05, 0) is 37.8 Å². The molecule has 0 fully saturated rings. The lowest BCUT2D eigenvalue weighted by Gasteiger charge is -2.24. The van der Waals surface area contributed by atoms with Gasteiger partial charge in [0.05, 0.1) is 0 Å². The lowest BCUT2D eigenvalue weighted by molar-refractivity contribution is 0.420. The van der Waals surface area contributed by atoms with Crippen molar-refractivity contribution in [1.29, 1.82) is 0 Å². The fraction of sp³-hybridized carbons (Fsp3) is 0.400. The molecule has 0 aliphatic carbocycles. The average molecular weight is 244 g/mol. The first kappa shape index (κ1) is 11.5. The van der Waals surface area contributed by atoms with E-state index in [1.807, 2.05) is 18.3 Å². The standard InChI is InChI=1S/C15H17FN2/c1-11-5-4-7-13-10-17-15(18(11)13)9-12-6-2-3-8-14(12)16/h2-3,6,8,10-11H,4-5,7,9H2,1H3. The highest BCUT2D eigenvalue weighted by atomic mass is 19.1. The van der Waals surface area contributed by atoms with Crippen molar-refractivity contribution in [2.24, 2.45) is 0 Å². The highest BCUT2D eigenvalue weighted by molar-refractivity contribution is 5.23. The van der Waals surface area contributed by atoms with Gasteiger partial charge in [-0.3, -0.25) is 0 Å². The molecule has 1 aromatic heterocycles. The second-order valence-corrected chi connectivity index (χ2v) is 5.05. The van der Waals surface area contributed by atoms with Crippen molar-refractivity contribution in [3.63, 3.8) is 0 Å². The van der Waals surface area contributed by atoms with Gasteiger partial charge in [0.25, 0.3) is 0 Å². The molecular formula is C15H17FN2. The summed E-state index contributed by atoms with van der Waals surface area (Å²) in [5, 5.41) is 0. The maximum absolute atomic E-state index is 13.7. The van der Waals surface area contributed by atoms with E-state index in [4.69, 9.17) is 0 Å². The molecule has 0 N–H and O–H groups in total. The van der Waals surface area contributed by atoms with E-state index in [0.29, 0.717) is 12.5 Å². The molecule has 3 heteroatoms. The summed E-state index contributed by atoms with van der Waals surface area (Å²) in [5.41, 5.74) is 2.02. The van der Waals surface area contributed by atoms with Crippen LogP contribution in [-0.4, -0.2) is 9.55 Å². The number of rotatable bonds is 2. The Labute approximate surface area is 106 Å². The summed E-state index contributed by atoms with van der Waals surface area (Å²) in [6.45, 7) is 2.22. The van der Waals surface area contributed by atoms with Gasteiger partial charge in [0, 0.05) is 24.4 Å². The van der Waals surface area contributed by atoms with Crippen molar-refractivity contribution in [2.45, 2.75) is 38.6 Å². The second kappa shape index (κ2) is 4.56. The Hall–Kier alpha value is -1.64. The van der Waals surface area contributed by atoms with Gasteiger partial charge in [0.1, 0.15) is 11.6 Å². The van der Waals surface area contributed by atoms with Gasteiger partial charge < -0.3 is 4.57 Å². The molecule has 2 heterocycles. The zero-order valence-electron chi connectivity index (χ0n) is 10.6. The van der Waals surface area contributed by atoms with Crippen molar-refractivity contribution in [1.82, 2.24) is 9.55 Å². The topological polar surface area (TPSA) is 17.8 Å². The number of imidazole rings is 1. The molecule has 0 spiro atoms. The van der Waals surface area contributed by atoms with Crippen LogP contribution in [0, 0.1) is 5.82 Å². The molecule has 0 radical (unpaired) electrons. The first-order valence-electron chi connectivity index (χ1n) is 6.54. The number of aromatic nitrogens is 2. The lowest BCUT2D eigenvalue weighted by Crippen LogP contribution is -2.17. The first-order chi connectivity index (χ1) is 8.75. The second-order valence-electron chi connectivity index (χ2n) is 5.05. The molecule has 0 bridgehead atoms. The minimum atomic E-state index is -0.140. The molecule has 94 valence electrons. The Bertz CT molecular complexity index is 559. The summed E-state index contributed by atoms with van der Waals surface area (Å²) in [4.78, 5) is 4.48. The fourth-order valence-electron chi connectivity index (χ4n) is 2.81. The number of fused-ring (bicyclic) bond motifs is 1. The molecule has 1 aliphatic heterocycles. The van der Waals surface area contributed by atoms with E-state index in [-0.39, 0.29) is 5.82 Å². The van der Waals surface area contributed by atoms with Gasteiger partial charge in [-0.15, -0.1) is 0 Å². The van der Waals surface area contributed by atoms with Crippen molar-refractivity contribution >= 4 is 0 Å². The third-order valence-corrected chi connectivity index (χ3v) is 3.75. The van der Waals surface area contributed by atoms with Crippen LogP contribution >= 0.6 is 0 Å². The van der Waals surface area contributed by atoms with Gasteiger partial charge >= 0.3 is 0 Å². The van der Waals surface area contributed by atoms with Crippen LogP contribution in [0.1, 0.15) is 42.9 Å². The van der Waals surface area contributed by atoms with Gasteiger partial charge in [0.2, 0.25) is 0 Å². The normalized spacial score (nSPS) is 18.7. The molecule has 3 rings (SSSR count). The number of nitrogens with zero attached hydrogens (tertiary/aromatic N) is 2. The van der Waals surface area contributed by atoms with Crippen LogP contribution in [0.25, 0.3) is 0 Å².